The quantitative estimate of drug-likeness (QED) is 0.575. The SMILES string of the molecule is CCNC(=NCCn1cc(C)cn1)N1CCN(C(C)C(=O)N2CCCC2)CC1. The summed E-state index contributed by atoms with van der Waals surface area (Å²) in [5.74, 6) is 1.26. The Labute approximate surface area is 168 Å². The lowest BCUT2D eigenvalue weighted by atomic mass is 10.2. The molecule has 1 N–H and O–H groups in total. The van der Waals surface area contributed by atoms with Crippen LogP contribution in [0.1, 0.15) is 32.3 Å². The number of aryl methyl sites for hydroxylation is 1. The lowest BCUT2D eigenvalue weighted by molar-refractivity contribution is -0.135. The lowest BCUT2D eigenvalue weighted by Crippen LogP contribution is -2.57. The van der Waals surface area contributed by atoms with E-state index in [9.17, 15) is 4.79 Å². The van der Waals surface area contributed by atoms with Crippen molar-refractivity contribution in [3.63, 3.8) is 0 Å². The highest BCUT2D eigenvalue weighted by Crippen LogP contribution is 2.14. The molecule has 2 saturated heterocycles. The van der Waals surface area contributed by atoms with Crippen LogP contribution in [0.3, 0.4) is 0 Å². The van der Waals surface area contributed by atoms with Gasteiger partial charge in [-0.15, -0.1) is 0 Å². The number of aliphatic imine (C=N–C) groups is 1. The van der Waals surface area contributed by atoms with Crippen LogP contribution in [0.15, 0.2) is 17.4 Å². The lowest BCUT2D eigenvalue weighted by Gasteiger charge is -2.39. The van der Waals surface area contributed by atoms with E-state index >= 15 is 0 Å². The Bertz CT molecular complexity index is 657. The minimum absolute atomic E-state index is 0.0252. The maximum Gasteiger partial charge on any atom is 0.239 e. The van der Waals surface area contributed by atoms with Crippen molar-refractivity contribution in [2.75, 3.05) is 52.4 Å². The molecule has 156 valence electrons. The van der Waals surface area contributed by atoms with Gasteiger partial charge >= 0.3 is 0 Å². The molecular formula is C20H35N7O. The predicted octanol–water partition coefficient (Wildman–Crippen LogP) is 0.786. The van der Waals surface area contributed by atoms with Gasteiger partial charge in [-0.25, -0.2) is 0 Å². The van der Waals surface area contributed by atoms with Gasteiger partial charge in [0.1, 0.15) is 0 Å². The zero-order chi connectivity index (χ0) is 19.9. The van der Waals surface area contributed by atoms with Crippen LogP contribution in [-0.2, 0) is 11.3 Å². The van der Waals surface area contributed by atoms with Crippen LogP contribution in [0.2, 0.25) is 0 Å². The van der Waals surface area contributed by atoms with Gasteiger partial charge in [-0.1, -0.05) is 0 Å². The molecule has 1 atom stereocenters. The van der Waals surface area contributed by atoms with Crippen LogP contribution < -0.4 is 5.32 Å². The molecule has 1 aromatic rings. The molecule has 0 aliphatic carbocycles. The Hall–Kier alpha value is -2.09. The van der Waals surface area contributed by atoms with Crippen molar-refractivity contribution in [3.8, 4) is 0 Å². The molecule has 0 spiro atoms. The monoisotopic (exact) mass is 389 g/mol. The molecule has 2 aliphatic heterocycles. The first-order valence-electron chi connectivity index (χ1n) is 10.6. The van der Waals surface area contributed by atoms with Gasteiger partial charge < -0.3 is 15.1 Å². The number of nitrogens with zero attached hydrogens (tertiary/aromatic N) is 6. The number of likely N-dealkylation sites (tertiary alicyclic amines) is 1. The van der Waals surface area contributed by atoms with Gasteiger partial charge in [0, 0.05) is 52.0 Å². The van der Waals surface area contributed by atoms with E-state index in [0.29, 0.717) is 12.5 Å². The molecule has 1 amide bonds. The smallest absolute Gasteiger partial charge is 0.239 e. The molecule has 8 heteroatoms. The van der Waals surface area contributed by atoms with Crippen LogP contribution in [0.25, 0.3) is 0 Å². The van der Waals surface area contributed by atoms with Crippen molar-refractivity contribution in [3.05, 3.63) is 18.0 Å². The van der Waals surface area contributed by atoms with Crippen molar-refractivity contribution >= 4 is 11.9 Å². The van der Waals surface area contributed by atoms with Crippen molar-refractivity contribution in [2.24, 2.45) is 4.99 Å². The first-order valence-corrected chi connectivity index (χ1v) is 10.6. The molecule has 1 unspecified atom stereocenters. The summed E-state index contributed by atoms with van der Waals surface area (Å²) >= 11 is 0. The first kappa shape index (κ1) is 20.6. The Balaban J connectivity index is 1.50. The van der Waals surface area contributed by atoms with Gasteiger partial charge in [-0.3, -0.25) is 19.4 Å². The second-order valence-corrected chi connectivity index (χ2v) is 7.75. The number of guanidine groups is 1. The van der Waals surface area contributed by atoms with Crippen LogP contribution >= 0.6 is 0 Å². The highest BCUT2D eigenvalue weighted by Gasteiger charge is 2.30. The van der Waals surface area contributed by atoms with Crippen molar-refractivity contribution < 1.29 is 4.79 Å². The zero-order valence-corrected chi connectivity index (χ0v) is 17.6. The number of carbonyl (C=O) groups is 1. The van der Waals surface area contributed by atoms with E-state index in [2.05, 4.69) is 34.1 Å². The van der Waals surface area contributed by atoms with E-state index in [0.717, 1.165) is 71.2 Å². The number of nitrogens with one attached hydrogen (secondary N) is 1. The van der Waals surface area contributed by atoms with Crippen molar-refractivity contribution in [1.29, 1.82) is 0 Å². The summed E-state index contributed by atoms with van der Waals surface area (Å²) in [7, 11) is 0. The molecule has 3 heterocycles. The third-order valence-electron chi connectivity index (χ3n) is 5.62. The summed E-state index contributed by atoms with van der Waals surface area (Å²) < 4.78 is 1.94. The Morgan fingerprint density at radius 1 is 1.18 bits per heavy atom. The van der Waals surface area contributed by atoms with Gasteiger partial charge in [-0.2, -0.15) is 5.10 Å². The molecule has 2 fully saturated rings. The van der Waals surface area contributed by atoms with Crippen molar-refractivity contribution in [1.82, 2.24) is 29.8 Å². The number of hydrogen-bond donors (Lipinski definition) is 1. The molecule has 0 saturated carbocycles. The third kappa shape index (κ3) is 5.25. The minimum atomic E-state index is -0.0252. The maximum atomic E-state index is 12.7. The molecule has 0 aromatic carbocycles. The zero-order valence-electron chi connectivity index (χ0n) is 17.6. The van der Waals surface area contributed by atoms with Gasteiger partial charge in [-0.05, 0) is 39.2 Å². The second kappa shape index (κ2) is 9.91. The molecule has 3 rings (SSSR count). The van der Waals surface area contributed by atoms with E-state index in [1.807, 2.05) is 28.9 Å². The van der Waals surface area contributed by atoms with Crippen LogP contribution in [0, 0.1) is 6.92 Å². The minimum Gasteiger partial charge on any atom is -0.357 e. The maximum absolute atomic E-state index is 12.7. The fraction of sp³-hybridized carbons (Fsp3) is 0.750. The predicted molar refractivity (Wildman–Crippen MR) is 111 cm³/mol. The van der Waals surface area contributed by atoms with E-state index in [1.54, 1.807) is 0 Å². The van der Waals surface area contributed by atoms with E-state index in [1.165, 1.54) is 5.56 Å². The Morgan fingerprint density at radius 2 is 1.89 bits per heavy atom. The first-order chi connectivity index (χ1) is 13.6. The van der Waals surface area contributed by atoms with Crippen LogP contribution in [0.4, 0.5) is 0 Å². The van der Waals surface area contributed by atoms with Gasteiger partial charge in [0.25, 0.3) is 0 Å². The third-order valence-corrected chi connectivity index (χ3v) is 5.62. The fourth-order valence-corrected chi connectivity index (χ4v) is 3.95. The molecule has 28 heavy (non-hydrogen) atoms. The standard InChI is InChI=1S/C20H35N7O/c1-4-21-20(22-7-10-27-16-17(2)15-23-27)26-13-11-24(12-14-26)18(3)19(28)25-8-5-6-9-25/h15-16,18H,4-14H2,1-3H3,(H,21,22). The largest absolute Gasteiger partial charge is 0.357 e. The Kier molecular flexibility index (Phi) is 7.30. The molecule has 2 aliphatic rings. The summed E-state index contributed by atoms with van der Waals surface area (Å²) in [6, 6.07) is -0.0252. The van der Waals surface area contributed by atoms with Gasteiger partial charge in [0.05, 0.1) is 25.3 Å². The summed E-state index contributed by atoms with van der Waals surface area (Å²) in [5.41, 5.74) is 1.17. The van der Waals surface area contributed by atoms with Crippen LogP contribution in [0.5, 0.6) is 0 Å². The number of hydrogen-bond acceptors (Lipinski definition) is 4. The van der Waals surface area contributed by atoms with Gasteiger partial charge in [0.2, 0.25) is 5.91 Å². The van der Waals surface area contributed by atoms with Crippen molar-refractivity contribution in [2.45, 2.75) is 46.2 Å². The van der Waals surface area contributed by atoms with E-state index in [-0.39, 0.29) is 6.04 Å². The highest BCUT2D eigenvalue weighted by atomic mass is 16.2. The summed E-state index contributed by atoms with van der Waals surface area (Å²) in [6.07, 6.45) is 6.21. The van der Waals surface area contributed by atoms with E-state index < -0.39 is 0 Å². The summed E-state index contributed by atoms with van der Waals surface area (Å²) in [5, 5.41) is 7.73. The summed E-state index contributed by atoms with van der Waals surface area (Å²) in [6.45, 7) is 14.0. The molecule has 0 bridgehead atoms. The molecule has 0 radical (unpaired) electrons. The summed E-state index contributed by atoms with van der Waals surface area (Å²) in [4.78, 5) is 24.1. The topological polar surface area (TPSA) is 69.0 Å². The van der Waals surface area contributed by atoms with E-state index in [4.69, 9.17) is 4.99 Å². The fourth-order valence-electron chi connectivity index (χ4n) is 3.95. The average Bonchev–Trinajstić information content (AvgIpc) is 3.38. The Morgan fingerprint density at radius 3 is 2.50 bits per heavy atom. The molecule has 8 nitrogen and oxygen atoms in total. The van der Waals surface area contributed by atoms with Crippen LogP contribution in [-0.4, -0.2) is 94.7 Å². The van der Waals surface area contributed by atoms with Gasteiger partial charge in [0.15, 0.2) is 5.96 Å². The average molecular weight is 390 g/mol. The number of piperazine rings is 1. The molecule has 1 aromatic heterocycles. The number of amides is 1. The molecular weight excluding hydrogens is 354 g/mol. The number of carbonyl (C=O) groups excluding carboxylic acids is 1. The highest BCUT2D eigenvalue weighted by molar-refractivity contribution is 5.82. The normalized spacial score (nSPS) is 19.9. The number of aromatic nitrogens is 2. The number of rotatable bonds is 6. The second-order valence-electron chi connectivity index (χ2n) is 7.75.